The van der Waals surface area contributed by atoms with Gasteiger partial charge in [-0.25, -0.2) is 4.98 Å². The number of hydrogen-bond acceptors (Lipinski definition) is 5. The van der Waals surface area contributed by atoms with Crippen LogP contribution in [0.15, 0.2) is 35.6 Å². The Bertz CT molecular complexity index is 565. The lowest BCUT2D eigenvalue weighted by molar-refractivity contribution is 1.36. The zero-order valence-electron chi connectivity index (χ0n) is 8.68. The molecule has 0 atom stereocenters. The average molecular weight is 247 g/mol. The molecule has 0 fully saturated rings. The van der Waals surface area contributed by atoms with Crippen molar-refractivity contribution in [3.8, 4) is 10.4 Å². The molecule has 2 rings (SSSR count). The van der Waals surface area contributed by atoms with Crippen LogP contribution in [0.2, 0.25) is 0 Å². The summed E-state index contributed by atoms with van der Waals surface area (Å²) >= 11 is 1.30. The third kappa shape index (κ3) is 2.45. The van der Waals surface area contributed by atoms with Crippen LogP contribution < -0.4 is 11.1 Å². The van der Waals surface area contributed by atoms with Gasteiger partial charge in [-0.15, -0.1) is 4.91 Å². The van der Waals surface area contributed by atoms with Crippen molar-refractivity contribution < 1.29 is 0 Å². The van der Waals surface area contributed by atoms with Crippen LogP contribution in [0, 0.1) is 10.3 Å². The number of anilines is 1. The molecule has 0 aliphatic carbocycles. The highest BCUT2D eigenvalue weighted by atomic mass is 32.1. The first kappa shape index (κ1) is 11.2. The van der Waals surface area contributed by atoms with E-state index in [1.807, 2.05) is 6.07 Å². The molecule has 0 saturated carbocycles. The maximum atomic E-state index is 10.6. The average Bonchev–Trinajstić information content (AvgIpc) is 2.76. The normalized spacial score (nSPS) is 9.88. The van der Waals surface area contributed by atoms with Gasteiger partial charge >= 0.3 is 0 Å². The molecule has 0 amide bonds. The maximum Gasteiger partial charge on any atom is 0.192 e. The second-order valence-corrected chi connectivity index (χ2v) is 4.21. The first-order chi connectivity index (χ1) is 8.20. The van der Waals surface area contributed by atoms with Crippen LogP contribution in [0.4, 0.5) is 10.8 Å². The molecule has 86 valence electrons. The van der Waals surface area contributed by atoms with Crippen LogP contribution >= 0.6 is 11.3 Å². The molecule has 0 saturated heterocycles. The molecule has 0 unspecified atom stereocenters. The van der Waals surface area contributed by atoms with Crippen molar-refractivity contribution in [3.05, 3.63) is 35.4 Å². The van der Waals surface area contributed by atoms with E-state index in [1.165, 1.54) is 11.3 Å². The summed E-state index contributed by atoms with van der Waals surface area (Å²) in [7, 11) is 0. The minimum atomic E-state index is -0.173. The Morgan fingerprint density at radius 3 is 2.94 bits per heavy atom. The molecule has 17 heavy (non-hydrogen) atoms. The van der Waals surface area contributed by atoms with Gasteiger partial charge in [0.1, 0.15) is 5.69 Å². The summed E-state index contributed by atoms with van der Waals surface area (Å²) in [4.78, 5) is 15.5. The Morgan fingerprint density at radius 2 is 2.24 bits per heavy atom. The number of nitrogens with one attached hydrogen (secondary N) is 2. The lowest BCUT2D eigenvalue weighted by Gasteiger charge is -1.98. The molecular formula is C10H9N5OS. The fourth-order valence-corrected chi connectivity index (χ4v) is 2.20. The van der Waals surface area contributed by atoms with Crippen molar-refractivity contribution in [1.29, 1.82) is 5.41 Å². The van der Waals surface area contributed by atoms with Gasteiger partial charge in [-0.05, 0) is 11.2 Å². The molecule has 4 N–H and O–H groups in total. The Kier molecular flexibility index (Phi) is 3.10. The van der Waals surface area contributed by atoms with Gasteiger partial charge in [-0.1, -0.05) is 29.5 Å². The zero-order valence-corrected chi connectivity index (χ0v) is 9.49. The summed E-state index contributed by atoms with van der Waals surface area (Å²) in [5, 5.41) is 13.1. The van der Waals surface area contributed by atoms with Gasteiger partial charge < -0.3 is 11.1 Å². The van der Waals surface area contributed by atoms with E-state index < -0.39 is 0 Å². The van der Waals surface area contributed by atoms with Crippen molar-refractivity contribution in [3.63, 3.8) is 0 Å². The zero-order chi connectivity index (χ0) is 12.3. The number of hydrogen-bond donors (Lipinski definition) is 3. The van der Waals surface area contributed by atoms with Crippen LogP contribution in [-0.2, 0) is 0 Å². The lowest BCUT2D eigenvalue weighted by Crippen LogP contribution is -2.20. The number of benzene rings is 1. The maximum absolute atomic E-state index is 10.6. The van der Waals surface area contributed by atoms with E-state index in [0.717, 1.165) is 10.4 Å². The van der Waals surface area contributed by atoms with Gasteiger partial charge in [-0.3, -0.25) is 5.41 Å². The molecule has 1 aromatic carbocycles. The largest absolute Gasteiger partial charge is 0.370 e. The van der Waals surface area contributed by atoms with Crippen molar-refractivity contribution in [2.45, 2.75) is 0 Å². The molecular weight excluding hydrogens is 238 g/mol. The topological polar surface area (TPSA) is 104 Å². The first-order valence-electron chi connectivity index (χ1n) is 4.70. The Hall–Kier alpha value is -2.28. The molecule has 0 aliphatic heterocycles. The number of aromatic nitrogens is 1. The summed E-state index contributed by atoms with van der Waals surface area (Å²) in [5.41, 5.74) is 6.28. The molecule has 1 aromatic heterocycles. The molecule has 6 nitrogen and oxygen atoms in total. The Morgan fingerprint density at radius 1 is 1.47 bits per heavy atom. The predicted molar refractivity (Wildman–Crippen MR) is 68.5 cm³/mol. The number of guanidine groups is 1. The fourth-order valence-electron chi connectivity index (χ4n) is 1.33. The quantitative estimate of drug-likeness (QED) is 0.440. The van der Waals surface area contributed by atoms with Gasteiger partial charge in [0, 0.05) is 11.8 Å². The molecule has 1 heterocycles. The molecule has 2 aromatic rings. The van der Waals surface area contributed by atoms with E-state index in [9.17, 15) is 4.91 Å². The van der Waals surface area contributed by atoms with E-state index >= 15 is 0 Å². The predicted octanol–water partition coefficient (Wildman–Crippen LogP) is 2.51. The summed E-state index contributed by atoms with van der Waals surface area (Å²) in [5.74, 6) is -0.173. The second kappa shape index (κ2) is 4.71. The number of nitrogens with two attached hydrogens (primary N) is 1. The fraction of sp³-hybridized carbons (Fsp3) is 0. The van der Waals surface area contributed by atoms with Gasteiger partial charge in [0.05, 0.1) is 4.88 Å². The van der Waals surface area contributed by atoms with Crippen molar-refractivity contribution in [2.24, 2.45) is 10.9 Å². The SMILES string of the molecule is N=C(N)Nc1ncc(-c2ccccc2N=O)s1. The van der Waals surface area contributed by atoms with Gasteiger partial charge in [0.25, 0.3) is 0 Å². The highest BCUT2D eigenvalue weighted by molar-refractivity contribution is 7.19. The number of thiazole rings is 1. The molecule has 0 bridgehead atoms. The van der Waals surface area contributed by atoms with E-state index in [4.69, 9.17) is 11.1 Å². The lowest BCUT2D eigenvalue weighted by atomic mass is 10.1. The Balaban J connectivity index is 2.36. The summed E-state index contributed by atoms with van der Waals surface area (Å²) < 4.78 is 0. The first-order valence-corrected chi connectivity index (χ1v) is 5.52. The monoisotopic (exact) mass is 247 g/mol. The molecule has 0 spiro atoms. The minimum absolute atomic E-state index is 0.173. The number of nitrogens with zero attached hydrogens (tertiary/aromatic N) is 2. The standard InChI is InChI=1S/C10H9N5OS/c11-9(12)14-10-13-5-8(17-10)6-3-1-2-4-7(6)15-16/h1-5H,(H4,11,12,13,14). The molecule has 0 aliphatic rings. The minimum Gasteiger partial charge on any atom is -0.370 e. The van der Waals surface area contributed by atoms with Crippen LogP contribution in [0.5, 0.6) is 0 Å². The van der Waals surface area contributed by atoms with Crippen LogP contribution in [0.25, 0.3) is 10.4 Å². The second-order valence-electron chi connectivity index (χ2n) is 3.18. The van der Waals surface area contributed by atoms with Crippen LogP contribution in [-0.4, -0.2) is 10.9 Å². The van der Waals surface area contributed by atoms with E-state index in [1.54, 1.807) is 24.4 Å². The molecule has 0 radical (unpaired) electrons. The van der Waals surface area contributed by atoms with Gasteiger partial charge in [0.2, 0.25) is 0 Å². The van der Waals surface area contributed by atoms with Crippen molar-refractivity contribution in [1.82, 2.24) is 4.98 Å². The molecule has 7 heteroatoms. The van der Waals surface area contributed by atoms with Crippen LogP contribution in [0.3, 0.4) is 0 Å². The number of nitroso groups, excluding NO2 is 1. The van der Waals surface area contributed by atoms with Crippen LogP contribution in [0.1, 0.15) is 0 Å². The summed E-state index contributed by atoms with van der Waals surface area (Å²) in [6.07, 6.45) is 1.61. The van der Waals surface area contributed by atoms with Gasteiger partial charge in [0.15, 0.2) is 11.1 Å². The third-order valence-electron chi connectivity index (χ3n) is 2.02. The smallest absolute Gasteiger partial charge is 0.192 e. The summed E-state index contributed by atoms with van der Waals surface area (Å²) in [6.45, 7) is 0. The van der Waals surface area contributed by atoms with E-state index in [2.05, 4.69) is 15.5 Å². The summed E-state index contributed by atoms with van der Waals surface area (Å²) in [6, 6.07) is 7.00. The highest BCUT2D eigenvalue weighted by Gasteiger charge is 2.09. The van der Waals surface area contributed by atoms with Crippen molar-refractivity contribution >= 4 is 28.1 Å². The van der Waals surface area contributed by atoms with Gasteiger partial charge in [-0.2, -0.15) is 0 Å². The highest BCUT2D eigenvalue weighted by Crippen LogP contribution is 2.35. The van der Waals surface area contributed by atoms with Crippen molar-refractivity contribution in [2.75, 3.05) is 5.32 Å². The number of rotatable bonds is 3. The van der Waals surface area contributed by atoms with E-state index in [-0.39, 0.29) is 5.96 Å². The Labute approximate surface area is 101 Å². The van der Waals surface area contributed by atoms with E-state index in [0.29, 0.717) is 10.8 Å². The third-order valence-corrected chi connectivity index (χ3v) is 2.96.